The minimum absolute atomic E-state index is 0.700. The van der Waals surface area contributed by atoms with Crippen LogP contribution in [0.2, 0.25) is 0 Å². The molecule has 4 nitrogen and oxygen atoms in total. The van der Waals surface area contributed by atoms with Crippen LogP contribution >= 0.6 is 0 Å². The lowest BCUT2D eigenvalue weighted by molar-refractivity contribution is 1.11. The smallest absolute Gasteiger partial charge is 0.168 e. The fraction of sp³-hybridized carbons (Fsp3) is 0.0769. The number of fused-ring (bicyclic) bond motifs is 1. The van der Waals surface area contributed by atoms with Crippen molar-refractivity contribution in [1.82, 2.24) is 14.6 Å². The Bertz CT molecular complexity index is 685. The third-order valence-electron chi connectivity index (χ3n) is 2.70. The summed E-state index contributed by atoms with van der Waals surface area (Å²) in [4.78, 5) is 0. The molecular weight excluding hydrogens is 212 g/mol. The summed E-state index contributed by atoms with van der Waals surface area (Å²) in [7, 11) is 0. The Hall–Kier alpha value is -2.36. The molecule has 0 unspecified atom stereocenters. The Balaban J connectivity index is 2.27. The van der Waals surface area contributed by atoms with E-state index in [0.717, 1.165) is 17.0 Å². The van der Waals surface area contributed by atoms with Gasteiger partial charge in [0.25, 0.3) is 0 Å². The highest BCUT2D eigenvalue weighted by atomic mass is 15.2. The van der Waals surface area contributed by atoms with E-state index in [0.29, 0.717) is 5.69 Å². The first kappa shape index (κ1) is 9.84. The van der Waals surface area contributed by atoms with E-state index in [4.69, 9.17) is 5.73 Å². The molecule has 2 heterocycles. The van der Waals surface area contributed by atoms with Crippen LogP contribution in [0.15, 0.2) is 42.6 Å². The lowest BCUT2D eigenvalue weighted by Crippen LogP contribution is -1.93. The van der Waals surface area contributed by atoms with Crippen molar-refractivity contribution in [3.63, 3.8) is 0 Å². The van der Waals surface area contributed by atoms with Crippen molar-refractivity contribution in [2.75, 3.05) is 5.73 Å². The number of nitrogens with two attached hydrogens (primary N) is 1. The topological polar surface area (TPSA) is 56.2 Å². The second kappa shape index (κ2) is 3.59. The summed E-state index contributed by atoms with van der Waals surface area (Å²) < 4.78 is 1.91. The Morgan fingerprint density at radius 2 is 2.00 bits per heavy atom. The largest absolute Gasteiger partial charge is 0.398 e. The molecule has 0 saturated carbocycles. The van der Waals surface area contributed by atoms with Crippen LogP contribution in [0.25, 0.3) is 17.0 Å². The molecule has 0 fully saturated rings. The summed E-state index contributed by atoms with van der Waals surface area (Å²) in [5.41, 5.74) is 9.53. The third-order valence-corrected chi connectivity index (χ3v) is 2.70. The van der Waals surface area contributed by atoms with Gasteiger partial charge in [-0.25, -0.2) is 0 Å². The minimum atomic E-state index is 0.700. The molecule has 1 aromatic carbocycles. The highest BCUT2D eigenvalue weighted by Gasteiger charge is 2.07. The molecule has 0 spiro atoms. The maximum Gasteiger partial charge on any atom is 0.168 e. The second-order valence-corrected chi connectivity index (χ2v) is 4.08. The van der Waals surface area contributed by atoms with Crippen LogP contribution in [-0.2, 0) is 0 Å². The van der Waals surface area contributed by atoms with E-state index in [1.807, 2.05) is 34.9 Å². The Kier molecular flexibility index (Phi) is 2.08. The molecule has 0 radical (unpaired) electrons. The van der Waals surface area contributed by atoms with Gasteiger partial charge in [0.2, 0.25) is 0 Å². The van der Waals surface area contributed by atoms with Crippen LogP contribution in [0.1, 0.15) is 5.56 Å². The van der Waals surface area contributed by atoms with Gasteiger partial charge >= 0.3 is 0 Å². The zero-order chi connectivity index (χ0) is 11.8. The molecule has 0 saturated heterocycles. The number of pyridine rings is 1. The lowest BCUT2D eigenvalue weighted by Gasteiger charge is -2.01. The first-order chi connectivity index (χ1) is 8.24. The molecule has 3 rings (SSSR count). The average molecular weight is 224 g/mol. The number of nitrogens with zero attached hydrogens (tertiary/aromatic N) is 3. The maximum absolute atomic E-state index is 5.78. The van der Waals surface area contributed by atoms with Crippen LogP contribution in [0.4, 0.5) is 5.69 Å². The number of aromatic nitrogens is 3. The number of aryl methyl sites for hydroxylation is 1. The molecule has 0 aliphatic heterocycles. The molecular formula is C13H12N4. The van der Waals surface area contributed by atoms with Gasteiger partial charge in [-0.15, -0.1) is 10.2 Å². The zero-order valence-corrected chi connectivity index (χ0v) is 9.46. The molecule has 0 aliphatic carbocycles. The molecule has 2 aromatic heterocycles. The van der Waals surface area contributed by atoms with Gasteiger partial charge < -0.3 is 5.73 Å². The van der Waals surface area contributed by atoms with E-state index in [-0.39, 0.29) is 0 Å². The third kappa shape index (κ3) is 1.63. The summed E-state index contributed by atoms with van der Waals surface area (Å²) in [6.45, 7) is 2.06. The van der Waals surface area contributed by atoms with Crippen LogP contribution in [-0.4, -0.2) is 14.6 Å². The van der Waals surface area contributed by atoms with Crippen LogP contribution < -0.4 is 5.73 Å². The van der Waals surface area contributed by atoms with Gasteiger partial charge in [-0.3, -0.25) is 4.40 Å². The van der Waals surface area contributed by atoms with Gasteiger partial charge in [-0.1, -0.05) is 23.8 Å². The summed E-state index contributed by atoms with van der Waals surface area (Å²) in [6, 6.07) is 11.9. The number of rotatable bonds is 1. The van der Waals surface area contributed by atoms with Crippen molar-refractivity contribution in [2.24, 2.45) is 0 Å². The van der Waals surface area contributed by atoms with E-state index in [9.17, 15) is 0 Å². The summed E-state index contributed by atoms with van der Waals surface area (Å²) in [6.07, 6.45) is 1.84. The first-order valence-electron chi connectivity index (χ1n) is 5.41. The standard InChI is InChI=1S/C13H12N4/c1-9-3-2-4-10(7-9)13-16-15-12-6-5-11(14)8-17(12)13/h2-8H,14H2,1H3. The molecule has 2 N–H and O–H groups in total. The van der Waals surface area contributed by atoms with Crippen molar-refractivity contribution in [2.45, 2.75) is 6.92 Å². The molecule has 0 amide bonds. The van der Waals surface area contributed by atoms with Crippen molar-refractivity contribution in [1.29, 1.82) is 0 Å². The van der Waals surface area contributed by atoms with Crippen LogP contribution in [0, 0.1) is 6.92 Å². The van der Waals surface area contributed by atoms with Crippen LogP contribution in [0.3, 0.4) is 0 Å². The molecule has 0 aliphatic rings. The van der Waals surface area contributed by atoms with E-state index in [1.165, 1.54) is 5.56 Å². The highest BCUT2D eigenvalue weighted by Crippen LogP contribution is 2.20. The molecule has 0 bridgehead atoms. The average Bonchev–Trinajstić information content (AvgIpc) is 2.71. The fourth-order valence-electron chi connectivity index (χ4n) is 1.89. The van der Waals surface area contributed by atoms with Gasteiger partial charge in [0.1, 0.15) is 0 Å². The van der Waals surface area contributed by atoms with Gasteiger partial charge in [0.05, 0.1) is 0 Å². The van der Waals surface area contributed by atoms with Crippen molar-refractivity contribution < 1.29 is 0 Å². The van der Waals surface area contributed by atoms with E-state index in [1.54, 1.807) is 0 Å². The first-order valence-corrected chi connectivity index (χ1v) is 5.41. The summed E-state index contributed by atoms with van der Waals surface area (Å²) in [5, 5.41) is 8.33. The normalized spacial score (nSPS) is 10.9. The lowest BCUT2D eigenvalue weighted by atomic mass is 10.1. The number of hydrogen-bond donors (Lipinski definition) is 1. The molecule has 84 valence electrons. The van der Waals surface area contributed by atoms with Crippen molar-refractivity contribution in [3.05, 3.63) is 48.2 Å². The van der Waals surface area contributed by atoms with Crippen LogP contribution in [0.5, 0.6) is 0 Å². The Labute approximate surface area is 98.7 Å². The SMILES string of the molecule is Cc1cccc(-c2nnc3ccc(N)cn23)c1. The van der Waals surface area contributed by atoms with Crippen molar-refractivity contribution in [3.8, 4) is 11.4 Å². The molecule has 4 heteroatoms. The summed E-state index contributed by atoms with van der Waals surface area (Å²) in [5.74, 6) is 0.816. The predicted molar refractivity (Wildman–Crippen MR) is 67.6 cm³/mol. The fourth-order valence-corrected chi connectivity index (χ4v) is 1.89. The number of hydrogen-bond acceptors (Lipinski definition) is 3. The molecule has 3 aromatic rings. The number of benzene rings is 1. The van der Waals surface area contributed by atoms with Gasteiger partial charge in [0.15, 0.2) is 11.5 Å². The molecule has 17 heavy (non-hydrogen) atoms. The van der Waals surface area contributed by atoms with Gasteiger partial charge in [0, 0.05) is 17.4 Å². The minimum Gasteiger partial charge on any atom is -0.398 e. The Morgan fingerprint density at radius 3 is 2.82 bits per heavy atom. The van der Waals surface area contributed by atoms with E-state index < -0.39 is 0 Å². The zero-order valence-electron chi connectivity index (χ0n) is 9.46. The van der Waals surface area contributed by atoms with Gasteiger partial charge in [-0.2, -0.15) is 0 Å². The van der Waals surface area contributed by atoms with Gasteiger partial charge in [-0.05, 0) is 25.1 Å². The monoisotopic (exact) mass is 224 g/mol. The van der Waals surface area contributed by atoms with E-state index in [2.05, 4.69) is 29.3 Å². The van der Waals surface area contributed by atoms with E-state index >= 15 is 0 Å². The maximum atomic E-state index is 5.78. The number of nitrogen functional groups attached to an aromatic ring is 1. The second-order valence-electron chi connectivity index (χ2n) is 4.08. The number of anilines is 1. The van der Waals surface area contributed by atoms with Crippen molar-refractivity contribution >= 4 is 11.3 Å². The quantitative estimate of drug-likeness (QED) is 0.690. The predicted octanol–water partition coefficient (Wildman–Crippen LogP) is 2.29. The summed E-state index contributed by atoms with van der Waals surface area (Å²) >= 11 is 0. The Morgan fingerprint density at radius 1 is 1.12 bits per heavy atom. The molecule has 0 atom stereocenters. The highest BCUT2D eigenvalue weighted by molar-refractivity contribution is 5.61.